The number of hydrogen-bond donors (Lipinski definition) is 0. The van der Waals surface area contributed by atoms with Crippen LogP contribution in [0.4, 0.5) is 0 Å². The molecule has 0 spiro atoms. The largest absolute Gasteiger partial charge is 0.303 e. The van der Waals surface area contributed by atoms with Gasteiger partial charge in [-0.2, -0.15) is 0 Å². The zero-order valence-corrected chi connectivity index (χ0v) is 7.90. The van der Waals surface area contributed by atoms with Crippen molar-refractivity contribution in [2.24, 2.45) is 0 Å². The van der Waals surface area contributed by atoms with Crippen molar-refractivity contribution in [3.05, 3.63) is 60.7 Å². The number of carbonyl (C=O) groups is 1. The van der Waals surface area contributed by atoms with E-state index < -0.39 is 0 Å². The molecular formula is C12H10NO. The molecule has 0 atom stereocenters. The molecule has 0 N–H and O–H groups in total. The Morgan fingerprint density at radius 3 is 2.93 bits per heavy atom. The predicted octanol–water partition coefficient (Wildman–Crippen LogP) is 1.71. The van der Waals surface area contributed by atoms with Gasteiger partial charge in [0, 0.05) is 17.8 Å². The van der Waals surface area contributed by atoms with Crippen molar-refractivity contribution in [1.82, 2.24) is 4.98 Å². The van der Waals surface area contributed by atoms with Crippen molar-refractivity contribution in [3.63, 3.8) is 0 Å². The number of nitrogens with zero attached hydrogens (tertiary/aromatic N) is 1. The number of aryl methyl sites for hydroxylation is 1. The molecule has 1 fully saturated rings. The standard InChI is InChI=1S/C12H10NO/c1-9-11(6-3-7-13-9)12-5-2-4-10(12)8-14/h2-8H,1H3. The molecule has 1 aromatic rings. The first kappa shape index (κ1) is 9.38. The van der Waals surface area contributed by atoms with Gasteiger partial charge in [-0.15, -0.1) is 0 Å². The van der Waals surface area contributed by atoms with Gasteiger partial charge in [-0.25, -0.2) is 0 Å². The van der Waals surface area contributed by atoms with Crippen molar-refractivity contribution in [2.75, 3.05) is 0 Å². The zero-order chi connectivity index (χ0) is 9.97. The summed E-state index contributed by atoms with van der Waals surface area (Å²) in [6.07, 6.45) is 8.26. The van der Waals surface area contributed by atoms with Gasteiger partial charge in [-0.3, -0.25) is 4.98 Å². The molecule has 1 aromatic heterocycles. The molecule has 2 nitrogen and oxygen atoms in total. The molecular weight excluding hydrogens is 174 g/mol. The molecule has 0 bridgehead atoms. The average molecular weight is 184 g/mol. The van der Waals surface area contributed by atoms with Gasteiger partial charge in [0.05, 0.1) is 5.92 Å². The SMILES string of the molecule is Cc1ncccc1[C]1[CH][CH][CH][C]1C=O. The molecule has 2 heteroatoms. The van der Waals surface area contributed by atoms with E-state index in [0.717, 1.165) is 29.4 Å². The Kier molecular flexibility index (Phi) is 2.62. The van der Waals surface area contributed by atoms with Crippen LogP contribution in [0.2, 0.25) is 0 Å². The van der Waals surface area contributed by atoms with E-state index in [-0.39, 0.29) is 0 Å². The second-order valence-corrected chi connectivity index (χ2v) is 3.15. The summed E-state index contributed by atoms with van der Waals surface area (Å²) in [6, 6.07) is 3.86. The van der Waals surface area contributed by atoms with E-state index >= 15 is 0 Å². The van der Waals surface area contributed by atoms with E-state index in [1.807, 2.05) is 38.3 Å². The number of aldehydes is 1. The Bertz CT molecular complexity index is 335. The zero-order valence-electron chi connectivity index (χ0n) is 7.90. The van der Waals surface area contributed by atoms with Gasteiger partial charge in [0.15, 0.2) is 0 Å². The molecule has 0 aromatic carbocycles. The van der Waals surface area contributed by atoms with Gasteiger partial charge in [0.2, 0.25) is 0 Å². The highest BCUT2D eigenvalue weighted by Gasteiger charge is 2.31. The smallest absolute Gasteiger partial charge is 0.128 e. The minimum atomic E-state index is 0.723. The van der Waals surface area contributed by atoms with Crippen LogP contribution in [0.15, 0.2) is 18.3 Å². The summed E-state index contributed by atoms with van der Waals surface area (Å²) in [7, 11) is 0. The Balaban J connectivity index is 2.30. The van der Waals surface area contributed by atoms with E-state index in [4.69, 9.17) is 0 Å². The minimum absolute atomic E-state index is 0.723. The minimum Gasteiger partial charge on any atom is -0.303 e. The lowest BCUT2D eigenvalue weighted by atomic mass is 9.89. The molecule has 1 aliphatic rings. The van der Waals surface area contributed by atoms with E-state index in [1.54, 1.807) is 6.20 Å². The van der Waals surface area contributed by atoms with Gasteiger partial charge >= 0.3 is 0 Å². The summed E-state index contributed by atoms with van der Waals surface area (Å²) >= 11 is 0. The summed E-state index contributed by atoms with van der Waals surface area (Å²) < 4.78 is 0. The lowest BCUT2D eigenvalue weighted by Gasteiger charge is -2.14. The van der Waals surface area contributed by atoms with Gasteiger partial charge in [-0.05, 0) is 37.8 Å². The normalized spacial score (nSPS) is 18.6. The fraction of sp³-hybridized carbons (Fsp3) is 0.0833. The third-order valence-electron chi connectivity index (χ3n) is 2.27. The first-order valence-electron chi connectivity index (χ1n) is 4.46. The second-order valence-electron chi connectivity index (χ2n) is 3.15. The number of aromatic nitrogens is 1. The summed E-state index contributed by atoms with van der Waals surface area (Å²) in [5.41, 5.74) is 1.97. The lowest BCUT2D eigenvalue weighted by Crippen LogP contribution is -2.08. The maximum absolute atomic E-state index is 10.8. The quantitative estimate of drug-likeness (QED) is 0.655. The molecule has 1 aliphatic carbocycles. The first-order valence-corrected chi connectivity index (χ1v) is 4.46. The molecule has 1 heterocycles. The van der Waals surface area contributed by atoms with Gasteiger partial charge in [0.1, 0.15) is 6.29 Å². The van der Waals surface area contributed by atoms with Crippen LogP contribution in [0.25, 0.3) is 0 Å². The lowest BCUT2D eigenvalue weighted by molar-refractivity contribution is -0.105. The topological polar surface area (TPSA) is 30.0 Å². The molecule has 1 saturated carbocycles. The Labute approximate surface area is 84.4 Å². The third kappa shape index (κ3) is 1.57. The van der Waals surface area contributed by atoms with Crippen LogP contribution < -0.4 is 0 Å². The van der Waals surface area contributed by atoms with Crippen LogP contribution in [-0.4, -0.2) is 11.3 Å². The first-order chi connectivity index (χ1) is 6.83. The summed E-state index contributed by atoms with van der Waals surface area (Å²) in [4.78, 5) is 14.9. The van der Waals surface area contributed by atoms with Crippen LogP contribution >= 0.6 is 0 Å². The highest BCUT2D eigenvalue weighted by molar-refractivity contribution is 5.84. The third-order valence-corrected chi connectivity index (χ3v) is 2.27. The molecule has 5 radical (unpaired) electrons. The monoisotopic (exact) mass is 184 g/mol. The van der Waals surface area contributed by atoms with Crippen LogP contribution in [0.3, 0.4) is 0 Å². The maximum Gasteiger partial charge on any atom is 0.128 e. The summed E-state index contributed by atoms with van der Waals surface area (Å²) in [5, 5.41) is 0. The van der Waals surface area contributed by atoms with Gasteiger partial charge < -0.3 is 4.79 Å². The van der Waals surface area contributed by atoms with Crippen molar-refractivity contribution in [2.45, 2.75) is 6.92 Å². The highest BCUT2D eigenvalue weighted by atomic mass is 16.1. The van der Waals surface area contributed by atoms with Crippen molar-refractivity contribution >= 4 is 6.29 Å². The maximum atomic E-state index is 10.8. The summed E-state index contributed by atoms with van der Waals surface area (Å²) in [5.74, 6) is 1.69. The Hall–Kier alpha value is -1.18. The Morgan fingerprint density at radius 2 is 2.21 bits per heavy atom. The number of rotatable bonds is 2. The van der Waals surface area contributed by atoms with Gasteiger partial charge in [-0.1, -0.05) is 6.07 Å². The predicted molar refractivity (Wildman–Crippen MR) is 53.5 cm³/mol. The molecule has 2 rings (SSSR count). The van der Waals surface area contributed by atoms with Crippen molar-refractivity contribution in [3.8, 4) is 0 Å². The fourth-order valence-corrected chi connectivity index (χ4v) is 1.55. The van der Waals surface area contributed by atoms with Crippen molar-refractivity contribution in [1.29, 1.82) is 0 Å². The van der Waals surface area contributed by atoms with Crippen LogP contribution in [0, 0.1) is 38.0 Å². The number of pyridine rings is 1. The van der Waals surface area contributed by atoms with E-state index in [9.17, 15) is 4.79 Å². The van der Waals surface area contributed by atoms with E-state index in [0.29, 0.717) is 0 Å². The van der Waals surface area contributed by atoms with Crippen molar-refractivity contribution < 1.29 is 4.79 Å². The van der Waals surface area contributed by atoms with E-state index in [1.165, 1.54) is 0 Å². The molecule has 0 saturated heterocycles. The average Bonchev–Trinajstić information content (AvgIpc) is 2.66. The second kappa shape index (κ2) is 3.91. The number of hydrogen-bond acceptors (Lipinski definition) is 2. The van der Waals surface area contributed by atoms with E-state index in [2.05, 4.69) is 4.98 Å². The fourth-order valence-electron chi connectivity index (χ4n) is 1.55. The van der Waals surface area contributed by atoms with Gasteiger partial charge in [0.25, 0.3) is 0 Å². The molecule has 69 valence electrons. The van der Waals surface area contributed by atoms with Crippen LogP contribution in [0.1, 0.15) is 11.3 Å². The van der Waals surface area contributed by atoms with Crippen LogP contribution in [0.5, 0.6) is 0 Å². The molecule has 0 amide bonds. The van der Waals surface area contributed by atoms with Crippen LogP contribution in [-0.2, 0) is 4.79 Å². The molecule has 0 aliphatic heterocycles. The molecule has 0 unspecified atom stereocenters. The number of carbonyl (C=O) groups excluding carboxylic acids is 1. The summed E-state index contributed by atoms with van der Waals surface area (Å²) in [6.45, 7) is 1.94. The molecule has 14 heavy (non-hydrogen) atoms. The highest BCUT2D eigenvalue weighted by Crippen LogP contribution is 2.37. The Morgan fingerprint density at radius 1 is 1.36 bits per heavy atom.